The van der Waals surface area contributed by atoms with Crippen molar-refractivity contribution >= 4 is 58.5 Å². The molecule has 5 heteroatoms. The molecule has 0 amide bonds. The summed E-state index contributed by atoms with van der Waals surface area (Å²) >= 11 is 3.53. The fourth-order valence-corrected chi connectivity index (χ4v) is 84.4. The predicted molar refractivity (Wildman–Crippen MR) is 183 cm³/mol. The number of halogens is 2. The van der Waals surface area contributed by atoms with E-state index in [0.29, 0.717) is 0 Å². The van der Waals surface area contributed by atoms with Gasteiger partial charge in [0.2, 0.25) is 0 Å². The Kier molecular flexibility index (Phi) is 30.6. The van der Waals surface area contributed by atoms with Crippen LogP contribution >= 0.6 is 25.4 Å². The summed E-state index contributed by atoms with van der Waals surface area (Å²) in [4.78, 5) is 0. The standard InChI is InChI=1S/4C8H17.2BrH.O.2Sn/c4*1-3-5-7-8-6-4-2;;;;;/h4*1,3-8H2,2H3;2*1H;;;/q;;;;;;;2*+1/p-2. The fourth-order valence-electron chi connectivity index (χ4n) is 5.46. The SMILES string of the molecule is CCCCCCC[CH2][Sn]([Br])([CH2]CCCCCCC)[O][Sn]([Br])([CH2]CCCCCCC)[CH2]CCCCCCC. The van der Waals surface area contributed by atoms with Crippen LogP contribution in [0.2, 0.25) is 17.7 Å². The van der Waals surface area contributed by atoms with Gasteiger partial charge in [0.1, 0.15) is 0 Å². The van der Waals surface area contributed by atoms with Crippen LogP contribution in [0.25, 0.3) is 0 Å². The third-order valence-electron chi connectivity index (χ3n) is 7.98. The summed E-state index contributed by atoms with van der Waals surface area (Å²) in [5, 5.41) is 0. The Balaban J connectivity index is 5.03. The first-order valence-corrected chi connectivity index (χ1v) is 40.2. The first-order chi connectivity index (χ1) is 17.9. The maximum atomic E-state index is 7.59. The van der Waals surface area contributed by atoms with Crippen molar-refractivity contribution < 1.29 is 1.41 Å². The van der Waals surface area contributed by atoms with E-state index in [1.807, 2.05) is 0 Å². The first-order valence-electron chi connectivity index (χ1n) is 17.0. The number of hydrogen-bond acceptors (Lipinski definition) is 1. The third kappa shape index (κ3) is 25.9. The van der Waals surface area contributed by atoms with Crippen LogP contribution in [-0.4, -0.2) is 33.1 Å². The molecule has 0 rings (SSSR count). The molecular weight excluding hydrogens is 798 g/mol. The molecule has 0 atom stereocenters. The van der Waals surface area contributed by atoms with E-state index in [1.165, 1.54) is 172 Å². The van der Waals surface area contributed by atoms with E-state index in [-0.39, 0.29) is 0 Å². The van der Waals surface area contributed by atoms with Gasteiger partial charge in [0.25, 0.3) is 0 Å². The second-order valence-corrected chi connectivity index (χ2v) is 51.6. The number of hydrogen-bond donors (Lipinski definition) is 0. The molecule has 0 aliphatic carbocycles. The molecule has 0 aliphatic heterocycles. The molecule has 0 aliphatic rings. The molecule has 0 heterocycles. The predicted octanol–water partition coefficient (Wildman–Crippen LogP) is 14.1. The van der Waals surface area contributed by atoms with Gasteiger partial charge in [-0.1, -0.05) is 0 Å². The number of rotatable bonds is 30. The normalized spacial score (nSPS) is 12.5. The van der Waals surface area contributed by atoms with Gasteiger partial charge in [-0.25, -0.2) is 0 Å². The molecule has 0 aromatic carbocycles. The fraction of sp³-hybridized carbons (Fsp3) is 1.00. The monoisotopic (exact) mass is 866 g/mol. The van der Waals surface area contributed by atoms with Gasteiger partial charge in [-0.05, 0) is 0 Å². The molecule has 0 N–H and O–H groups in total. The molecule has 0 spiro atoms. The molecule has 0 fully saturated rings. The Bertz CT molecular complexity index is 392. The summed E-state index contributed by atoms with van der Waals surface area (Å²) < 4.78 is 13.2. The van der Waals surface area contributed by atoms with Gasteiger partial charge in [-0.3, -0.25) is 0 Å². The Hall–Kier alpha value is 2.52. The van der Waals surface area contributed by atoms with E-state index in [0.717, 1.165) is 0 Å². The summed E-state index contributed by atoms with van der Waals surface area (Å²) in [7, 11) is 0. The zero-order valence-electron chi connectivity index (χ0n) is 26.0. The summed E-state index contributed by atoms with van der Waals surface area (Å²) in [6.45, 7) is 9.30. The number of unbranched alkanes of at least 4 members (excludes halogenated alkanes) is 20. The molecule has 0 bridgehead atoms. The molecule has 1 nitrogen and oxygen atoms in total. The van der Waals surface area contributed by atoms with Crippen molar-refractivity contribution in [1.29, 1.82) is 0 Å². The van der Waals surface area contributed by atoms with E-state index < -0.39 is 33.1 Å². The van der Waals surface area contributed by atoms with Crippen LogP contribution in [0.5, 0.6) is 0 Å². The van der Waals surface area contributed by atoms with Crippen molar-refractivity contribution in [3.05, 3.63) is 0 Å². The van der Waals surface area contributed by atoms with Crippen molar-refractivity contribution in [3.8, 4) is 0 Å². The van der Waals surface area contributed by atoms with Gasteiger partial charge < -0.3 is 0 Å². The van der Waals surface area contributed by atoms with Crippen LogP contribution in [0.15, 0.2) is 0 Å². The van der Waals surface area contributed by atoms with Crippen LogP contribution in [0.1, 0.15) is 182 Å². The van der Waals surface area contributed by atoms with Crippen molar-refractivity contribution in [2.24, 2.45) is 0 Å². The summed E-state index contributed by atoms with van der Waals surface area (Å²) in [6.07, 6.45) is 33.8. The Morgan fingerprint density at radius 3 is 0.730 bits per heavy atom. The average Bonchev–Trinajstić information content (AvgIpc) is 2.88. The van der Waals surface area contributed by atoms with Crippen LogP contribution in [0, 0.1) is 0 Å². The van der Waals surface area contributed by atoms with Crippen LogP contribution in [-0.2, 0) is 1.41 Å². The molecule has 224 valence electrons. The molecule has 0 saturated carbocycles. The van der Waals surface area contributed by atoms with Crippen LogP contribution in [0.4, 0.5) is 0 Å². The molecule has 0 aromatic heterocycles. The molecule has 0 radical (unpaired) electrons. The van der Waals surface area contributed by atoms with Gasteiger partial charge in [0.05, 0.1) is 0 Å². The van der Waals surface area contributed by atoms with E-state index >= 15 is 0 Å². The second-order valence-electron chi connectivity index (χ2n) is 11.9. The topological polar surface area (TPSA) is 9.23 Å². The minimum absolute atomic E-state index is 1.35. The van der Waals surface area contributed by atoms with Crippen molar-refractivity contribution in [2.75, 3.05) is 0 Å². The van der Waals surface area contributed by atoms with Gasteiger partial charge in [-0.15, -0.1) is 0 Å². The van der Waals surface area contributed by atoms with Gasteiger partial charge in [-0.2, -0.15) is 0 Å². The average molecular weight is 866 g/mol. The summed E-state index contributed by atoms with van der Waals surface area (Å²) in [5.74, 6) is 0. The van der Waals surface area contributed by atoms with E-state index in [4.69, 9.17) is 1.41 Å². The summed E-state index contributed by atoms with van der Waals surface area (Å²) in [6, 6.07) is 0. The molecule has 0 unspecified atom stereocenters. The minimum atomic E-state index is -2.72. The summed E-state index contributed by atoms with van der Waals surface area (Å²) in [5.41, 5.74) is 0. The Labute approximate surface area is 256 Å². The van der Waals surface area contributed by atoms with E-state index in [1.54, 1.807) is 0 Å². The van der Waals surface area contributed by atoms with Gasteiger partial charge >= 0.3 is 260 Å². The van der Waals surface area contributed by atoms with Crippen LogP contribution in [0.3, 0.4) is 0 Å². The van der Waals surface area contributed by atoms with Crippen molar-refractivity contribution in [2.45, 2.75) is 200 Å². The quantitative estimate of drug-likeness (QED) is 0.0516. The first kappa shape index (κ1) is 39.5. The van der Waals surface area contributed by atoms with Crippen molar-refractivity contribution in [3.63, 3.8) is 0 Å². The van der Waals surface area contributed by atoms with Crippen LogP contribution < -0.4 is 0 Å². The van der Waals surface area contributed by atoms with Crippen molar-refractivity contribution in [1.82, 2.24) is 0 Å². The zero-order valence-corrected chi connectivity index (χ0v) is 34.8. The zero-order chi connectivity index (χ0) is 27.5. The molecule has 0 aromatic rings. The van der Waals surface area contributed by atoms with Gasteiger partial charge in [0.15, 0.2) is 0 Å². The van der Waals surface area contributed by atoms with Gasteiger partial charge in [0, 0.05) is 0 Å². The van der Waals surface area contributed by atoms with E-state index in [9.17, 15) is 0 Å². The molecular formula is C32H68Br2OSn2. The molecule has 0 saturated heterocycles. The van der Waals surface area contributed by atoms with E-state index in [2.05, 4.69) is 53.1 Å². The molecule has 37 heavy (non-hydrogen) atoms. The maximum absolute atomic E-state index is 7.59. The Morgan fingerprint density at radius 2 is 0.514 bits per heavy atom. The second kappa shape index (κ2) is 28.6. The Morgan fingerprint density at radius 1 is 0.324 bits per heavy atom. The third-order valence-corrected chi connectivity index (χ3v) is 61.8.